The molecule has 0 unspecified atom stereocenters. The highest BCUT2D eigenvalue weighted by Gasteiger charge is 2.22. The summed E-state index contributed by atoms with van der Waals surface area (Å²) in [6.07, 6.45) is 1.97. The number of aliphatic imine (C=N–C) groups is 1. The van der Waals surface area contributed by atoms with Crippen molar-refractivity contribution in [1.29, 1.82) is 0 Å². The number of guanidine groups is 1. The molecule has 7 nitrogen and oxygen atoms in total. The van der Waals surface area contributed by atoms with E-state index in [-0.39, 0.29) is 24.9 Å². The quantitative estimate of drug-likeness (QED) is 0.611. The summed E-state index contributed by atoms with van der Waals surface area (Å²) in [5.74, 6) is 0.363. The molecule has 0 bridgehead atoms. The second-order valence-corrected chi connectivity index (χ2v) is 5.85. The van der Waals surface area contributed by atoms with E-state index in [9.17, 15) is 9.59 Å². The maximum atomic E-state index is 12.5. The van der Waals surface area contributed by atoms with Crippen LogP contribution in [0, 0.1) is 0 Å². The van der Waals surface area contributed by atoms with Gasteiger partial charge in [-0.05, 0) is 24.5 Å². The Morgan fingerprint density at radius 2 is 1.92 bits per heavy atom. The van der Waals surface area contributed by atoms with E-state index in [0.717, 1.165) is 25.1 Å². The maximum Gasteiger partial charge on any atom is 0.246 e. The number of anilines is 1. The highest BCUT2D eigenvalue weighted by atomic mass is 16.2. The third-order valence-corrected chi connectivity index (χ3v) is 3.95. The molecule has 0 atom stereocenters. The van der Waals surface area contributed by atoms with Crippen molar-refractivity contribution in [1.82, 2.24) is 15.5 Å². The Labute approximate surface area is 142 Å². The summed E-state index contributed by atoms with van der Waals surface area (Å²) < 4.78 is 0. The minimum absolute atomic E-state index is 0.0102. The van der Waals surface area contributed by atoms with E-state index in [1.807, 2.05) is 23.1 Å². The molecule has 7 heteroatoms. The standard InChI is InChI=1S/C17H25N5O2/c1-18-17(19-11-15(23)21(2)3)20-12-16(24)22-10-6-8-13-7-4-5-9-14(13)22/h4-5,7,9H,6,8,10-12H2,1-3H3,(H2,18,19,20). The minimum Gasteiger partial charge on any atom is -0.347 e. The zero-order valence-electron chi connectivity index (χ0n) is 14.5. The first-order valence-electron chi connectivity index (χ1n) is 8.06. The number of likely N-dealkylation sites (N-methyl/N-ethyl adjacent to an activating group) is 1. The molecule has 0 fully saturated rings. The Bertz CT molecular complexity index is 627. The number of benzene rings is 1. The van der Waals surface area contributed by atoms with Crippen LogP contribution in [-0.2, 0) is 16.0 Å². The normalized spacial score (nSPS) is 14.0. The fraction of sp³-hybridized carbons (Fsp3) is 0.471. The van der Waals surface area contributed by atoms with Crippen molar-refractivity contribution in [2.45, 2.75) is 12.8 Å². The molecule has 2 rings (SSSR count). The van der Waals surface area contributed by atoms with Gasteiger partial charge in [0.15, 0.2) is 5.96 Å². The van der Waals surface area contributed by atoms with Gasteiger partial charge in [0.05, 0.1) is 13.1 Å². The molecule has 0 saturated carbocycles. The Morgan fingerprint density at radius 1 is 1.21 bits per heavy atom. The van der Waals surface area contributed by atoms with Crippen molar-refractivity contribution >= 4 is 23.5 Å². The summed E-state index contributed by atoms with van der Waals surface area (Å²) in [6, 6.07) is 7.99. The Morgan fingerprint density at radius 3 is 2.62 bits per heavy atom. The van der Waals surface area contributed by atoms with Gasteiger partial charge in [0, 0.05) is 33.4 Å². The minimum atomic E-state index is -0.0609. The molecular weight excluding hydrogens is 306 g/mol. The van der Waals surface area contributed by atoms with E-state index in [1.165, 1.54) is 10.5 Å². The van der Waals surface area contributed by atoms with E-state index in [4.69, 9.17) is 0 Å². The number of amides is 2. The molecular formula is C17H25N5O2. The number of para-hydroxylation sites is 1. The molecule has 0 aliphatic carbocycles. The number of nitrogens with one attached hydrogen (secondary N) is 2. The predicted molar refractivity (Wildman–Crippen MR) is 95.2 cm³/mol. The molecule has 1 aromatic carbocycles. The molecule has 1 aliphatic heterocycles. The first kappa shape index (κ1) is 17.8. The van der Waals surface area contributed by atoms with Gasteiger partial charge in [-0.3, -0.25) is 14.6 Å². The van der Waals surface area contributed by atoms with Crippen LogP contribution in [-0.4, -0.2) is 63.5 Å². The lowest BCUT2D eigenvalue weighted by molar-refractivity contribution is -0.127. The molecule has 0 radical (unpaired) electrons. The molecule has 1 aromatic rings. The fourth-order valence-corrected chi connectivity index (χ4v) is 2.59. The van der Waals surface area contributed by atoms with Gasteiger partial charge in [0.25, 0.3) is 0 Å². The van der Waals surface area contributed by atoms with Crippen LogP contribution in [0.3, 0.4) is 0 Å². The highest BCUT2D eigenvalue weighted by molar-refractivity contribution is 5.98. The summed E-state index contributed by atoms with van der Waals surface area (Å²) >= 11 is 0. The number of fused-ring (bicyclic) bond motifs is 1. The number of aryl methyl sites for hydroxylation is 1. The van der Waals surface area contributed by atoms with Crippen LogP contribution >= 0.6 is 0 Å². The van der Waals surface area contributed by atoms with Gasteiger partial charge in [-0.1, -0.05) is 18.2 Å². The summed E-state index contributed by atoms with van der Waals surface area (Å²) in [5.41, 5.74) is 2.19. The van der Waals surface area contributed by atoms with E-state index < -0.39 is 0 Å². The molecule has 2 N–H and O–H groups in total. The van der Waals surface area contributed by atoms with Crippen molar-refractivity contribution in [3.63, 3.8) is 0 Å². The lowest BCUT2D eigenvalue weighted by Crippen LogP contribution is -2.47. The van der Waals surface area contributed by atoms with E-state index in [1.54, 1.807) is 21.1 Å². The topological polar surface area (TPSA) is 77.0 Å². The number of carbonyl (C=O) groups is 2. The number of nitrogens with zero attached hydrogens (tertiary/aromatic N) is 3. The first-order valence-corrected chi connectivity index (χ1v) is 8.06. The summed E-state index contributed by atoms with van der Waals surface area (Å²) in [6.45, 7) is 0.986. The van der Waals surface area contributed by atoms with Crippen molar-refractivity contribution in [2.75, 3.05) is 45.7 Å². The third kappa shape index (κ3) is 4.47. The number of hydrogen-bond acceptors (Lipinski definition) is 3. The molecule has 0 aromatic heterocycles. The molecule has 24 heavy (non-hydrogen) atoms. The molecule has 0 saturated heterocycles. The van der Waals surface area contributed by atoms with Crippen molar-refractivity contribution in [2.24, 2.45) is 4.99 Å². The molecule has 1 heterocycles. The Hall–Kier alpha value is -2.57. The molecule has 2 amide bonds. The SMILES string of the molecule is CN=C(NCC(=O)N(C)C)NCC(=O)N1CCCc2ccccc21. The number of hydrogen-bond donors (Lipinski definition) is 2. The fourth-order valence-electron chi connectivity index (χ4n) is 2.59. The Balaban J connectivity index is 1.90. The average Bonchev–Trinajstić information content (AvgIpc) is 2.60. The van der Waals surface area contributed by atoms with E-state index in [0.29, 0.717) is 5.96 Å². The van der Waals surface area contributed by atoms with Crippen LogP contribution in [0.25, 0.3) is 0 Å². The average molecular weight is 331 g/mol. The number of carbonyl (C=O) groups excluding carboxylic acids is 2. The van der Waals surface area contributed by atoms with Crippen LogP contribution in [0.2, 0.25) is 0 Å². The summed E-state index contributed by atoms with van der Waals surface area (Å²) in [4.78, 5) is 31.5. The second-order valence-electron chi connectivity index (χ2n) is 5.85. The molecule has 0 spiro atoms. The maximum absolute atomic E-state index is 12.5. The second kappa shape index (κ2) is 8.33. The van der Waals surface area contributed by atoms with Crippen molar-refractivity contribution in [3.05, 3.63) is 29.8 Å². The van der Waals surface area contributed by atoms with Crippen molar-refractivity contribution in [3.8, 4) is 0 Å². The highest BCUT2D eigenvalue weighted by Crippen LogP contribution is 2.26. The monoisotopic (exact) mass is 331 g/mol. The van der Waals surface area contributed by atoms with Gasteiger partial charge in [0.1, 0.15) is 0 Å². The predicted octanol–water partition coefficient (Wildman–Crippen LogP) is 0.219. The largest absolute Gasteiger partial charge is 0.347 e. The molecule has 1 aliphatic rings. The summed E-state index contributed by atoms with van der Waals surface area (Å²) in [5, 5.41) is 5.87. The van der Waals surface area contributed by atoms with Gasteiger partial charge in [-0.15, -0.1) is 0 Å². The van der Waals surface area contributed by atoms with E-state index in [2.05, 4.69) is 21.7 Å². The summed E-state index contributed by atoms with van der Waals surface area (Å²) in [7, 11) is 4.99. The van der Waals surface area contributed by atoms with Crippen LogP contribution in [0.5, 0.6) is 0 Å². The first-order chi connectivity index (χ1) is 11.5. The lowest BCUT2D eigenvalue weighted by Gasteiger charge is -2.29. The van der Waals surface area contributed by atoms with Crippen LogP contribution in [0.15, 0.2) is 29.3 Å². The van der Waals surface area contributed by atoms with Gasteiger partial charge < -0.3 is 20.4 Å². The van der Waals surface area contributed by atoms with Gasteiger partial charge in [-0.25, -0.2) is 0 Å². The van der Waals surface area contributed by atoms with Gasteiger partial charge >= 0.3 is 0 Å². The zero-order valence-corrected chi connectivity index (χ0v) is 14.5. The smallest absolute Gasteiger partial charge is 0.246 e. The van der Waals surface area contributed by atoms with Gasteiger partial charge in [-0.2, -0.15) is 0 Å². The number of rotatable bonds is 4. The third-order valence-electron chi connectivity index (χ3n) is 3.95. The Kier molecular flexibility index (Phi) is 6.17. The van der Waals surface area contributed by atoms with E-state index >= 15 is 0 Å². The van der Waals surface area contributed by atoms with Crippen LogP contribution in [0.1, 0.15) is 12.0 Å². The lowest BCUT2D eigenvalue weighted by atomic mass is 10.0. The van der Waals surface area contributed by atoms with Crippen LogP contribution in [0.4, 0.5) is 5.69 Å². The van der Waals surface area contributed by atoms with Crippen molar-refractivity contribution < 1.29 is 9.59 Å². The van der Waals surface area contributed by atoms with Gasteiger partial charge in [0.2, 0.25) is 11.8 Å². The zero-order chi connectivity index (χ0) is 17.5. The van der Waals surface area contributed by atoms with Crippen LogP contribution < -0.4 is 15.5 Å². The molecule has 130 valence electrons.